The summed E-state index contributed by atoms with van der Waals surface area (Å²) in [4.78, 5) is 2.40. The van der Waals surface area contributed by atoms with Crippen LogP contribution in [0.2, 0.25) is 0 Å². The van der Waals surface area contributed by atoms with Gasteiger partial charge in [-0.05, 0) is 115 Å². The molecule has 0 amide bonds. The van der Waals surface area contributed by atoms with Gasteiger partial charge in [0.2, 0.25) is 0 Å². The quantitative estimate of drug-likeness (QED) is 0.168. The number of nitrogens with zero attached hydrogens (tertiary/aromatic N) is 1. The number of anilines is 3. The van der Waals surface area contributed by atoms with Gasteiger partial charge in [-0.25, -0.2) is 0 Å². The van der Waals surface area contributed by atoms with E-state index in [0.717, 1.165) is 39.0 Å². The Bertz CT molecular complexity index is 3240. The van der Waals surface area contributed by atoms with E-state index < -0.39 is 5.41 Å². The first-order valence-electron chi connectivity index (χ1n) is 20.9. The molecule has 0 saturated carbocycles. The van der Waals surface area contributed by atoms with E-state index >= 15 is 0 Å². The number of rotatable bonds is 6. The molecule has 0 radical (unpaired) electrons. The minimum absolute atomic E-state index is 0.120. The van der Waals surface area contributed by atoms with Gasteiger partial charge in [0.15, 0.2) is 0 Å². The second-order valence-corrected chi connectivity index (χ2v) is 16.8. The van der Waals surface area contributed by atoms with Crippen molar-refractivity contribution >= 4 is 39.0 Å². The lowest BCUT2D eigenvalue weighted by molar-refractivity contribution is 0.660. The van der Waals surface area contributed by atoms with Crippen molar-refractivity contribution in [2.45, 2.75) is 24.7 Å². The van der Waals surface area contributed by atoms with Gasteiger partial charge in [0.25, 0.3) is 0 Å². The topological polar surface area (TPSA) is 16.4 Å². The van der Waals surface area contributed by atoms with Crippen molar-refractivity contribution in [3.8, 4) is 33.4 Å². The second-order valence-electron chi connectivity index (χ2n) is 16.8. The smallest absolute Gasteiger partial charge is 0.135 e. The molecule has 0 N–H and O–H groups in total. The Hall–Kier alpha value is -7.42. The Morgan fingerprint density at radius 3 is 1.58 bits per heavy atom. The van der Waals surface area contributed by atoms with Gasteiger partial charge >= 0.3 is 0 Å². The van der Waals surface area contributed by atoms with Crippen LogP contribution in [0.25, 0.3) is 55.3 Å². The molecule has 2 aliphatic carbocycles. The number of fused-ring (bicyclic) bond motifs is 9. The van der Waals surface area contributed by atoms with Crippen LogP contribution in [0.1, 0.15) is 47.2 Å². The molecule has 1 aromatic heterocycles. The van der Waals surface area contributed by atoms with Crippen molar-refractivity contribution in [3.05, 3.63) is 246 Å². The summed E-state index contributed by atoms with van der Waals surface area (Å²) in [6.07, 6.45) is 0. The summed E-state index contributed by atoms with van der Waals surface area (Å²) in [5.74, 6) is 0. The molecule has 0 aliphatic heterocycles. The number of hydrogen-bond donors (Lipinski definition) is 0. The zero-order chi connectivity index (χ0) is 40.0. The molecular weight excluding hydrogens is 727 g/mol. The summed E-state index contributed by atoms with van der Waals surface area (Å²) in [6, 6.07) is 77.8. The van der Waals surface area contributed by atoms with Gasteiger partial charge in [-0.1, -0.05) is 178 Å². The highest BCUT2D eigenvalue weighted by atomic mass is 16.3. The highest BCUT2D eigenvalue weighted by molar-refractivity contribution is 6.07. The average molecular weight is 768 g/mol. The Morgan fingerprint density at radius 2 is 0.883 bits per heavy atom. The fourth-order valence-corrected chi connectivity index (χ4v) is 10.6. The largest absolute Gasteiger partial charge is 0.456 e. The van der Waals surface area contributed by atoms with Crippen LogP contribution in [0.4, 0.5) is 17.1 Å². The third-order valence-corrected chi connectivity index (χ3v) is 13.4. The Balaban J connectivity index is 1.03. The van der Waals surface area contributed by atoms with Crippen molar-refractivity contribution < 1.29 is 4.42 Å². The lowest BCUT2D eigenvalue weighted by Crippen LogP contribution is -2.28. The predicted octanol–water partition coefficient (Wildman–Crippen LogP) is 15.4. The molecule has 2 nitrogen and oxygen atoms in total. The van der Waals surface area contributed by atoms with Gasteiger partial charge in [0, 0.05) is 33.2 Å². The Labute approximate surface area is 350 Å². The van der Waals surface area contributed by atoms with Crippen LogP contribution in [0.15, 0.2) is 217 Å². The minimum Gasteiger partial charge on any atom is -0.456 e. The molecule has 0 fully saturated rings. The minimum atomic E-state index is -0.490. The molecule has 0 saturated heterocycles. The molecule has 2 aliphatic rings. The Kier molecular flexibility index (Phi) is 7.52. The van der Waals surface area contributed by atoms with E-state index in [0.29, 0.717) is 0 Å². The monoisotopic (exact) mass is 767 g/mol. The second kappa shape index (κ2) is 13.0. The fraction of sp³-hybridized carbons (Fsp3) is 0.0690. The van der Waals surface area contributed by atoms with E-state index in [4.69, 9.17) is 4.42 Å². The van der Waals surface area contributed by atoms with Crippen molar-refractivity contribution in [1.29, 1.82) is 0 Å². The highest BCUT2D eigenvalue weighted by Crippen LogP contribution is 2.57. The molecular formula is C58H41NO. The Morgan fingerprint density at radius 1 is 0.350 bits per heavy atom. The van der Waals surface area contributed by atoms with E-state index in [2.05, 4.69) is 231 Å². The van der Waals surface area contributed by atoms with E-state index in [1.165, 1.54) is 66.8 Å². The van der Waals surface area contributed by atoms with Crippen LogP contribution in [0.5, 0.6) is 0 Å². The summed E-state index contributed by atoms with van der Waals surface area (Å²) in [5.41, 5.74) is 19.8. The molecule has 1 heterocycles. The molecule has 9 aromatic carbocycles. The van der Waals surface area contributed by atoms with Crippen molar-refractivity contribution in [2.24, 2.45) is 0 Å². The van der Waals surface area contributed by atoms with Crippen molar-refractivity contribution in [3.63, 3.8) is 0 Å². The molecule has 0 spiro atoms. The van der Waals surface area contributed by atoms with Gasteiger partial charge in [0.05, 0.1) is 5.41 Å². The lowest BCUT2D eigenvalue weighted by Gasteiger charge is -2.33. The highest BCUT2D eigenvalue weighted by Gasteiger charge is 2.46. The molecule has 10 aromatic rings. The van der Waals surface area contributed by atoms with E-state index in [1.54, 1.807) is 0 Å². The van der Waals surface area contributed by atoms with Gasteiger partial charge in [-0.15, -0.1) is 0 Å². The first-order valence-corrected chi connectivity index (χ1v) is 20.9. The van der Waals surface area contributed by atoms with Crippen molar-refractivity contribution in [2.75, 3.05) is 4.90 Å². The van der Waals surface area contributed by atoms with Crippen LogP contribution < -0.4 is 4.90 Å². The van der Waals surface area contributed by atoms with Gasteiger partial charge in [-0.2, -0.15) is 0 Å². The summed E-state index contributed by atoms with van der Waals surface area (Å²) in [6.45, 7) is 4.70. The van der Waals surface area contributed by atoms with Crippen LogP contribution in [0.3, 0.4) is 0 Å². The first-order chi connectivity index (χ1) is 29.5. The zero-order valence-electron chi connectivity index (χ0n) is 33.6. The maximum Gasteiger partial charge on any atom is 0.135 e. The van der Waals surface area contributed by atoms with Gasteiger partial charge in [-0.3, -0.25) is 0 Å². The maximum atomic E-state index is 6.83. The standard InChI is InChI=1S/C58H41NO/c1-57(2)51-22-12-9-19-45(51)48-33-30-44(37-54(48)57)59(42-28-25-39(26-29-42)38-15-5-3-6-16-38)43-31-34-55-50(36-43)49-32-27-41(35-56(49)60-55)58(40-17-7-4-8-18-40)52-23-13-10-20-46(52)47-21-11-14-24-53(47)58/h3-37H,1-2H3. The van der Waals surface area contributed by atoms with Crippen LogP contribution >= 0.6 is 0 Å². The summed E-state index contributed by atoms with van der Waals surface area (Å²) < 4.78 is 6.83. The summed E-state index contributed by atoms with van der Waals surface area (Å²) in [5, 5.41) is 2.19. The average Bonchev–Trinajstić information content (AvgIpc) is 3.90. The lowest BCUT2D eigenvalue weighted by atomic mass is 9.67. The van der Waals surface area contributed by atoms with Gasteiger partial charge in [0.1, 0.15) is 11.2 Å². The van der Waals surface area contributed by atoms with E-state index in [9.17, 15) is 0 Å². The normalized spacial score (nSPS) is 14.1. The third kappa shape index (κ3) is 4.94. The van der Waals surface area contributed by atoms with Crippen LogP contribution in [-0.4, -0.2) is 0 Å². The molecule has 284 valence electrons. The number of hydrogen-bond acceptors (Lipinski definition) is 2. The van der Waals surface area contributed by atoms with E-state index in [-0.39, 0.29) is 5.41 Å². The summed E-state index contributed by atoms with van der Waals surface area (Å²) in [7, 11) is 0. The molecule has 2 heteroatoms. The van der Waals surface area contributed by atoms with Crippen LogP contribution in [0, 0.1) is 0 Å². The summed E-state index contributed by atoms with van der Waals surface area (Å²) >= 11 is 0. The van der Waals surface area contributed by atoms with E-state index in [1.807, 2.05) is 0 Å². The molecule has 12 rings (SSSR count). The zero-order valence-corrected chi connectivity index (χ0v) is 33.6. The third-order valence-electron chi connectivity index (χ3n) is 13.4. The molecule has 0 bridgehead atoms. The number of furan rings is 1. The predicted molar refractivity (Wildman–Crippen MR) is 249 cm³/mol. The molecule has 0 atom stereocenters. The first kappa shape index (κ1) is 34.6. The SMILES string of the molecule is CC1(C)c2ccccc2-c2ccc(N(c3ccc(-c4ccccc4)cc3)c3ccc4oc5cc(C6(c7ccccc7)c7ccccc7-c7ccccc76)ccc5c4c3)cc21. The van der Waals surface area contributed by atoms with Crippen LogP contribution in [-0.2, 0) is 10.8 Å². The number of benzene rings is 9. The van der Waals surface area contributed by atoms with Gasteiger partial charge < -0.3 is 9.32 Å². The maximum absolute atomic E-state index is 6.83. The molecule has 0 unspecified atom stereocenters. The molecule has 60 heavy (non-hydrogen) atoms. The van der Waals surface area contributed by atoms with Crippen molar-refractivity contribution in [1.82, 2.24) is 0 Å². The fourth-order valence-electron chi connectivity index (χ4n) is 10.6.